The highest BCUT2D eigenvalue weighted by atomic mass is 32.2. The zero-order valence-corrected chi connectivity index (χ0v) is 17.1. The fourth-order valence-electron chi connectivity index (χ4n) is 3.23. The van der Waals surface area contributed by atoms with Crippen molar-refractivity contribution in [1.29, 1.82) is 0 Å². The number of rotatable bonds is 7. The first-order valence-corrected chi connectivity index (χ1v) is 10.4. The molecule has 148 valence electrons. The largest absolute Gasteiger partial charge is 0.497 e. The number of fused-ring (bicyclic) bond motifs is 3. The van der Waals surface area contributed by atoms with E-state index in [-0.39, 0.29) is 11.7 Å². The van der Waals surface area contributed by atoms with Crippen LogP contribution < -0.4 is 10.1 Å². The van der Waals surface area contributed by atoms with Gasteiger partial charge in [0.2, 0.25) is 11.1 Å². The molecule has 29 heavy (non-hydrogen) atoms. The molecule has 2 aromatic heterocycles. The Kier molecular flexibility index (Phi) is 5.62. The predicted octanol–water partition coefficient (Wildman–Crippen LogP) is 4.13. The Labute approximate surface area is 172 Å². The number of nitrogens with one attached hydrogen (secondary N) is 1. The average molecular weight is 407 g/mol. The molecule has 0 atom stereocenters. The highest BCUT2D eigenvalue weighted by Gasteiger charge is 2.15. The third-order valence-corrected chi connectivity index (χ3v) is 5.33. The summed E-state index contributed by atoms with van der Waals surface area (Å²) in [6.45, 7) is 2.98. The number of hydrogen-bond donors (Lipinski definition) is 1. The Bertz CT molecular complexity index is 1170. The van der Waals surface area contributed by atoms with Gasteiger partial charge in [-0.05, 0) is 24.6 Å². The standard InChI is InChI=1S/C21H21N5O2S/c1-3-11-26-17-10-5-4-9-16(17)19-20(26)23-21(25-24-19)29-13-18(27)22-14-7-6-8-15(12-14)28-2/h4-10,12H,3,11,13H2,1-2H3,(H,22,27). The number of carbonyl (C=O) groups excluding carboxylic acids is 1. The molecule has 0 bridgehead atoms. The molecular formula is C21H21N5O2S. The zero-order chi connectivity index (χ0) is 20.2. The summed E-state index contributed by atoms with van der Waals surface area (Å²) in [5.41, 5.74) is 3.38. The van der Waals surface area contributed by atoms with Crippen LogP contribution in [0.3, 0.4) is 0 Å². The van der Waals surface area contributed by atoms with Crippen LogP contribution in [-0.4, -0.2) is 38.5 Å². The first kappa shape index (κ1) is 19.2. The van der Waals surface area contributed by atoms with Crippen LogP contribution in [-0.2, 0) is 11.3 Å². The molecule has 0 fully saturated rings. The Balaban J connectivity index is 1.53. The molecule has 8 heteroatoms. The van der Waals surface area contributed by atoms with Crippen LogP contribution in [0.4, 0.5) is 5.69 Å². The molecule has 4 aromatic rings. The first-order chi connectivity index (χ1) is 14.2. The number of carbonyl (C=O) groups is 1. The lowest BCUT2D eigenvalue weighted by Crippen LogP contribution is -2.14. The monoisotopic (exact) mass is 407 g/mol. The van der Waals surface area contributed by atoms with E-state index in [9.17, 15) is 4.79 Å². The van der Waals surface area contributed by atoms with Gasteiger partial charge in [0.15, 0.2) is 5.65 Å². The van der Waals surface area contributed by atoms with Crippen LogP contribution in [0.25, 0.3) is 22.1 Å². The van der Waals surface area contributed by atoms with Crippen LogP contribution in [0.1, 0.15) is 13.3 Å². The second-order valence-electron chi connectivity index (χ2n) is 6.50. The number of benzene rings is 2. The van der Waals surface area contributed by atoms with Crippen molar-refractivity contribution in [2.24, 2.45) is 0 Å². The van der Waals surface area contributed by atoms with Crippen molar-refractivity contribution in [1.82, 2.24) is 19.7 Å². The molecule has 0 aliphatic carbocycles. The van der Waals surface area contributed by atoms with Gasteiger partial charge in [0, 0.05) is 23.7 Å². The Hall–Kier alpha value is -3.13. The number of hydrogen-bond acceptors (Lipinski definition) is 6. The molecule has 0 radical (unpaired) electrons. The van der Waals surface area contributed by atoms with Crippen LogP contribution >= 0.6 is 11.8 Å². The minimum Gasteiger partial charge on any atom is -0.497 e. The SMILES string of the molecule is CCCn1c2ccccc2c2nnc(SCC(=O)Nc3cccc(OC)c3)nc21. The number of aromatic nitrogens is 4. The van der Waals surface area contributed by atoms with E-state index in [1.54, 1.807) is 13.2 Å². The van der Waals surface area contributed by atoms with Gasteiger partial charge >= 0.3 is 0 Å². The van der Waals surface area contributed by atoms with Gasteiger partial charge in [-0.1, -0.05) is 43.0 Å². The fraction of sp³-hybridized carbons (Fsp3) is 0.238. The number of para-hydroxylation sites is 1. The predicted molar refractivity (Wildman–Crippen MR) is 115 cm³/mol. The first-order valence-electron chi connectivity index (χ1n) is 9.38. The normalized spacial score (nSPS) is 11.1. The van der Waals surface area contributed by atoms with Gasteiger partial charge in [0.25, 0.3) is 0 Å². The van der Waals surface area contributed by atoms with Crippen LogP contribution in [0.2, 0.25) is 0 Å². The van der Waals surface area contributed by atoms with Gasteiger partial charge in [-0.2, -0.15) is 0 Å². The molecule has 0 saturated carbocycles. The molecule has 1 amide bonds. The number of nitrogens with zero attached hydrogens (tertiary/aromatic N) is 4. The quantitative estimate of drug-likeness (QED) is 0.464. The zero-order valence-electron chi connectivity index (χ0n) is 16.3. The number of amides is 1. The Morgan fingerprint density at radius 3 is 2.86 bits per heavy atom. The van der Waals surface area contributed by atoms with E-state index in [2.05, 4.69) is 38.1 Å². The van der Waals surface area contributed by atoms with E-state index in [1.807, 2.05) is 36.4 Å². The van der Waals surface area contributed by atoms with Crippen molar-refractivity contribution >= 4 is 45.4 Å². The number of thioether (sulfide) groups is 1. The fourth-order valence-corrected chi connectivity index (χ4v) is 3.81. The molecule has 2 heterocycles. The van der Waals surface area contributed by atoms with Gasteiger partial charge in [-0.25, -0.2) is 4.98 Å². The number of methoxy groups -OCH3 is 1. The average Bonchev–Trinajstić information content (AvgIpc) is 3.06. The highest BCUT2D eigenvalue weighted by molar-refractivity contribution is 7.99. The second kappa shape index (κ2) is 8.48. The summed E-state index contributed by atoms with van der Waals surface area (Å²) in [6.07, 6.45) is 0.989. The van der Waals surface area contributed by atoms with Crippen molar-refractivity contribution < 1.29 is 9.53 Å². The topological polar surface area (TPSA) is 81.9 Å². The summed E-state index contributed by atoms with van der Waals surface area (Å²) in [4.78, 5) is 17.0. The summed E-state index contributed by atoms with van der Waals surface area (Å²) in [5.74, 6) is 0.747. The third kappa shape index (κ3) is 4.02. The number of aryl methyl sites for hydroxylation is 1. The highest BCUT2D eigenvalue weighted by Crippen LogP contribution is 2.27. The molecule has 0 spiro atoms. The van der Waals surface area contributed by atoms with E-state index < -0.39 is 0 Å². The van der Waals surface area contributed by atoms with Crippen molar-refractivity contribution in [3.63, 3.8) is 0 Å². The van der Waals surface area contributed by atoms with Crippen molar-refractivity contribution in [3.8, 4) is 5.75 Å². The van der Waals surface area contributed by atoms with Gasteiger partial charge in [0.05, 0.1) is 18.4 Å². The summed E-state index contributed by atoms with van der Waals surface area (Å²) in [7, 11) is 1.59. The van der Waals surface area contributed by atoms with E-state index in [0.29, 0.717) is 16.6 Å². The number of anilines is 1. The van der Waals surface area contributed by atoms with Crippen LogP contribution in [0, 0.1) is 0 Å². The molecule has 0 saturated heterocycles. The third-order valence-electron chi connectivity index (χ3n) is 4.49. The Morgan fingerprint density at radius 2 is 2.03 bits per heavy atom. The lowest BCUT2D eigenvalue weighted by atomic mass is 10.2. The van der Waals surface area contributed by atoms with Crippen molar-refractivity contribution in [3.05, 3.63) is 48.5 Å². The summed E-state index contributed by atoms with van der Waals surface area (Å²) < 4.78 is 7.34. The van der Waals surface area contributed by atoms with E-state index in [1.165, 1.54) is 11.8 Å². The molecule has 7 nitrogen and oxygen atoms in total. The molecule has 0 aliphatic rings. The van der Waals surface area contributed by atoms with Crippen LogP contribution in [0.15, 0.2) is 53.7 Å². The maximum Gasteiger partial charge on any atom is 0.234 e. The maximum absolute atomic E-state index is 12.3. The van der Waals surface area contributed by atoms with Crippen molar-refractivity contribution in [2.75, 3.05) is 18.2 Å². The minimum absolute atomic E-state index is 0.138. The summed E-state index contributed by atoms with van der Waals surface area (Å²) in [6, 6.07) is 15.4. The van der Waals surface area contributed by atoms with Gasteiger partial charge in [0.1, 0.15) is 11.3 Å². The lowest BCUT2D eigenvalue weighted by molar-refractivity contribution is -0.113. The molecular weight excluding hydrogens is 386 g/mol. The van der Waals surface area contributed by atoms with E-state index in [0.717, 1.165) is 35.0 Å². The van der Waals surface area contributed by atoms with E-state index in [4.69, 9.17) is 4.74 Å². The van der Waals surface area contributed by atoms with E-state index >= 15 is 0 Å². The second-order valence-corrected chi connectivity index (χ2v) is 7.45. The molecule has 4 rings (SSSR count). The summed E-state index contributed by atoms with van der Waals surface area (Å²) in [5, 5.41) is 13.0. The van der Waals surface area contributed by atoms with Gasteiger partial charge in [-0.3, -0.25) is 4.79 Å². The Morgan fingerprint density at radius 1 is 1.17 bits per heavy atom. The minimum atomic E-state index is -0.138. The summed E-state index contributed by atoms with van der Waals surface area (Å²) >= 11 is 1.27. The lowest BCUT2D eigenvalue weighted by Gasteiger charge is -2.07. The molecule has 2 aromatic carbocycles. The molecule has 0 unspecified atom stereocenters. The maximum atomic E-state index is 12.3. The van der Waals surface area contributed by atoms with Crippen LogP contribution in [0.5, 0.6) is 5.75 Å². The number of ether oxygens (including phenoxy) is 1. The van der Waals surface area contributed by atoms with Crippen molar-refractivity contribution in [2.45, 2.75) is 25.0 Å². The molecule has 1 N–H and O–H groups in total. The van der Waals surface area contributed by atoms with Gasteiger partial charge in [-0.15, -0.1) is 10.2 Å². The smallest absolute Gasteiger partial charge is 0.234 e. The van der Waals surface area contributed by atoms with Gasteiger partial charge < -0.3 is 14.6 Å². The molecule has 0 aliphatic heterocycles.